The highest BCUT2D eigenvalue weighted by atomic mass is 16.6. The molecule has 2 aromatic carbocycles. The van der Waals surface area contributed by atoms with Gasteiger partial charge < -0.3 is 10.2 Å². The smallest absolute Gasteiger partial charge is 0.272 e. The fourth-order valence-corrected chi connectivity index (χ4v) is 2.07. The number of aryl methyl sites for hydroxylation is 1. The van der Waals surface area contributed by atoms with Crippen molar-refractivity contribution in [3.05, 3.63) is 63.7 Å². The molecule has 22 heavy (non-hydrogen) atoms. The molecule has 0 fully saturated rings. The van der Waals surface area contributed by atoms with Crippen LogP contribution in [0.4, 0.5) is 17.1 Å². The van der Waals surface area contributed by atoms with Gasteiger partial charge in [0.25, 0.3) is 11.6 Å². The summed E-state index contributed by atoms with van der Waals surface area (Å²) in [6, 6.07) is 11.8. The number of hydrogen-bond donors (Lipinski definition) is 1. The summed E-state index contributed by atoms with van der Waals surface area (Å²) in [5, 5.41) is 13.6. The lowest BCUT2D eigenvalue weighted by Crippen LogP contribution is -2.13. The fraction of sp³-hybridized carbons (Fsp3) is 0.188. The number of hydrogen-bond acceptors (Lipinski definition) is 4. The van der Waals surface area contributed by atoms with Crippen molar-refractivity contribution < 1.29 is 9.72 Å². The second-order valence-electron chi connectivity index (χ2n) is 5.16. The average molecular weight is 299 g/mol. The van der Waals surface area contributed by atoms with Crippen LogP contribution in [-0.2, 0) is 0 Å². The van der Waals surface area contributed by atoms with E-state index in [1.54, 1.807) is 13.0 Å². The van der Waals surface area contributed by atoms with Gasteiger partial charge in [0.15, 0.2) is 0 Å². The first-order valence-corrected chi connectivity index (χ1v) is 6.72. The van der Waals surface area contributed by atoms with Gasteiger partial charge in [0.1, 0.15) is 0 Å². The van der Waals surface area contributed by atoms with Gasteiger partial charge in [-0.1, -0.05) is 6.07 Å². The van der Waals surface area contributed by atoms with Crippen molar-refractivity contribution in [3.8, 4) is 0 Å². The van der Waals surface area contributed by atoms with E-state index in [-0.39, 0.29) is 11.6 Å². The molecule has 0 aliphatic rings. The molecule has 0 aliphatic carbocycles. The maximum absolute atomic E-state index is 12.2. The third-order valence-electron chi connectivity index (χ3n) is 3.28. The Kier molecular flexibility index (Phi) is 4.41. The van der Waals surface area contributed by atoms with Crippen LogP contribution in [0.2, 0.25) is 0 Å². The molecule has 0 spiro atoms. The molecule has 114 valence electrons. The molecule has 2 aromatic rings. The largest absolute Gasteiger partial charge is 0.378 e. The van der Waals surface area contributed by atoms with Gasteiger partial charge >= 0.3 is 0 Å². The van der Waals surface area contributed by atoms with Crippen molar-refractivity contribution >= 4 is 23.0 Å². The maximum Gasteiger partial charge on any atom is 0.272 e. The van der Waals surface area contributed by atoms with Crippen molar-refractivity contribution in [1.29, 1.82) is 0 Å². The van der Waals surface area contributed by atoms with Crippen LogP contribution in [0, 0.1) is 17.0 Å². The monoisotopic (exact) mass is 299 g/mol. The summed E-state index contributed by atoms with van der Waals surface area (Å²) in [4.78, 5) is 24.5. The molecule has 2 rings (SSSR count). The van der Waals surface area contributed by atoms with Crippen LogP contribution in [0.3, 0.4) is 0 Å². The number of nitrogens with one attached hydrogen (secondary N) is 1. The van der Waals surface area contributed by atoms with Crippen LogP contribution in [-0.4, -0.2) is 24.9 Å². The number of carbonyl (C=O) groups is 1. The average Bonchev–Trinajstić information content (AvgIpc) is 2.46. The lowest BCUT2D eigenvalue weighted by molar-refractivity contribution is -0.385. The fourth-order valence-electron chi connectivity index (χ4n) is 2.07. The summed E-state index contributed by atoms with van der Waals surface area (Å²) < 4.78 is 0. The number of carbonyl (C=O) groups excluding carboxylic acids is 1. The first kappa shape index (κ1) is 15.5. The second kappa shape index (κ2) is 6.26. The van der Waals surface area contributed by atoms with Gasteiger partial charge in [-0.25, -0.2) is 0 Å². The van der Waals surface area contributed by atoms with Crippen LogP contribution in [0.25, 0.3) is 0 Å². The predicted octanol–water partition coefficient (Wildman–Crippen LogP) is 3.22. The van der Waals surface area contributed by atoms with E-state index in [1.807, 2.05) is 37.2 Å². The first-order chi connectivity index (χ1) is 10.4. The molecule has 0 saturated heterocycles. The van der Waals surface area contributed by atoms with Crippen molar-refractivity contribution in [2.45, 2.75) is 6.92 Å². The number of benzene rings is 2. The topological polar surface area (TPSA) is 75.5 Å². The lowest BCUT2D eigenvalue weighted by Gasteiger charge is -2.14. The Balaban J connectivity index is 2.21. The molecule has 0 radical (unpaired) electrons. The number of rotatable bonds is 4. The zero-order valence-corrected chi connectivity index (χ0v) is 12.7. The Morgan fingerprint density at radius 1 is 1.18 bits per heavy atom. The number of amides is 1. The summed E-state index contributed by atoms with van der Waals surface area (Å²) in [7, 11) is 3.83. The van der Waals surface area contributed by atoms with Gasteiger partial charge in [0.2, 0.25) is 0 Å². The lowest BCUT2D eigenvalue weighted by atomic mass is 10.1. The van der Waals surface area contributed by atoms with E-state index in [0.717, 1.165) is 5.69 Å². The highest BCUT2D eigenvalue weighted by Crippen LogP contribution is 2.21. The highest BCUT2D eigenvalue weighted by molar-refractivity contribution is 6.04. The normalized spacial score (nSPS) is 10.1. The predicted molar refractivity (Wildman–Crippen MR) is 86.6 cm³/mol. The van der Waals surface area contributed by atoms with Crippen molar-refractivity contribution in [2.24, 2.45) is 0 Å². The van der Waals surface area contributed by atoms with Crippen LogP contribution < -0.4 is 10.2 Å². The zero-order valence-electron chi connectivity index (χ0n) is 12.7. The first-order valence-electron chi connectivity index (χ1n) is 6.72. The maximum atomic E-state index is 12.2. The van der Waals surface area contributed by atoms with E-state index in [9.17, 15) is 14.9 Å². The molecule has 0 aromatic heterocycles. The van der Waals surface area contributed by atoms with E-state index in [0.29, 0.717) is 16.8 Å². The molecule has 0 aliphatic heterocycles. The summed E-state index contributed by atoms with van der Waals surface area (Å²) in [5.74, 6) is -0.297. The van der Waals surface area contributed by atoms with E-state index >= 15 is 0 Å². The molecule has 0 heterocycles. The Labute approximate surface area is 128 Å². The molecule has 0 atom stereocenters. The van der Waals surface area contributed by atoms with Crippen LogP contribution in [0.15, 0.2) is 42.5 Å². The minimum atomic E-state index is -0.461. The molecule has 0 bridgehead atoms. The number of nitrogens with zero attached hydrogens (tertiary/aromatic N) is 2. The molecule has 0 unspecified atom stereocenters. The Bertz CT molecular complexity index is 726. The number of anilines is 2. The van der Waals surface area contributed by atoms with E-state index in [1.165, 1.54) is 18.2 Å². The summed E-state index contributed by atoms with van der Waals surface area (Å²) in [6.07, 6.45) is 0. The molecule has 6 nitrogen and oxygen atoms in total. The van der Waals surface area contributed by atoms with Gasteiger partial charge in [-0.2, -0.15) is 0 Å². The molecule has 6 heteroatoms. The van der Waals surface area contributed by atoms with E-state index in [2.05, 4.69) is 5.32 Å². The molecular weight excluding hydrogens is 282 g/mol. The molecule has 1 amide bonds. The summed E-state index contributed by atoms with van der Waals surface area (Å²) in [6.45, 7) is 1.61. The van der Waals surface area contributed by atoms with E-state index in [4.69, 9.17) is 0 Å². The van der Waals surface area contributed by atoms with Gasteiger partial charge in [0, 0.05) is 42.7 Å². The minimum Gasteiger partial charge on any atom is -0.378 e. The third kappa shape index (κ3) is 3.41. The van der Waals surface area contributed by atoms with Crippen LogP contribution >= 0.6 is 0 Å². The van der Waals surface area contributed by atoms with Gasteiger partial charge in [-0.15, -0.1) is 0 Å². The second-order valence-corrected chi connectivity index (χ2v) is 5.16. The van der Waals surface area contributed by atoms with Gasteiger partial charge in [0.05, 0.1) is 4.92 Å². The van der Waals surface area contributed by atoms with Crippen molar-refractivity contribution in [2.75, 3.05) is 24.3 Å². The zero-order chi connectivity index (χ0) is 16.3. The van der Waals surface area contributed by atoms with Crippen molar-refractivity contribution in [3.63, 3.8) is 0 Å². The van der Waals surface area contributed by atoms with Gasteiger partial charge in [-0.05, 0) is 37.3 Å². The van der Waals surface area contributed by atoms with Crippen molar-refractivity contribution in [1.82, 2.24) is 0 Å². The molecule has 1 N–H and O–H groups in total. The van der Waals surface area contributed by atoms with E-state index < -0.39 is 4.92 Å². The Morgan fingerprint density at radius 3 is 2.50 bits per heavy atom. The molecular formula is C16H17N3O3. The standard InChI is InChI=1S/C16H17N3O3/c1-11-9-12(7-8-15(11)19(21)22)16(20)17-13-5-4-6-14(10-13)18(2)3/h4-10H,1-3H3,(H,17,20). The molecule has 0 saturated carbocycles. The minimum absolute atomic E-state index is 0.00570. The summed E-state index contributed by atoms with van der Waals surface area (Å²) in [5.41, 5.74) is 2.49. The Hall–Kier alpha value is -2.89. The van der Waals surface area contributed by atoms with Crippen LogP contribution in [0.5, 0.6) is 0 Å². The third-order valence-corrected chi connectivity index (χ3v) is 3.28. The number of nitro groups is 1. The SMILES string of the molecule is Cc1cc(C(=O)Nc2cccc(N(C)C)c2)ccc1[N+](=O)[O-]. The highest BCUT2D eigenvalue weighted by Gasteiger charge is 2.14. The van der Waals surface area contributed by atoms with Gasteiger partial charge in [-0.3, -0.25) is 14.9 Å². The number of nitro benzene ring substituents is 1. The Morgan fingerprint density at radius 2 is 1.91 bits per heavy atom. The quantitative estimate of drug-likeness (QED) is 0.694. The summed E-state index contributed by atoms with van der Waals surface area (Å²) >= 11 is 0. The van der Waals surface area contributed by atoms with Crippen LogP contribution in [0.1, 0.15) is 15.9 Å².